The molecule has 4 rings (SSSR count). The number of rotatable bonds is 4. The molecule has 8 heteroatoms. The first-order valence-electron chi connectivity index (χ1n) is 10.1. The highest BCUT2D eigenvalue weighted by molar-refractivity contribution is 6.23. The van der Waals surface area contributed by atoms with Crippen LogP contribution in [0.15, 0.2) is 29.3 Å². The molecular formula is C21H27FN5O2+. The van der Waals surface area contributed by atoms with Crippen molar-refractivity contribution in [3.05, 3.63) is 35.6 Å². The van der Waals surface area contributed by atoms with Crippen molar-refractivity contribution in [2.75, 3.05) is 33.7 Å². The molecule has 1 aromatic carbocycles. The maximum absolute atomic E-state index is 13.3. The number of amides is 3. The fourth-order valence-corrected chi connectivity index (χ4v) is 4.37. The molecule has 2 unspecified atom stereocenters. The van der Waals surface area contributed by atoms with Crippen LogP contribution in [-0.2, 0) is 11.3 Å². The molecular weight excluding hydrogens is 373 g/mol. The smallest absolute Gasteiger partial charge is 0.292 e. The Bertz CT molecular complexity index is 895. The third kappa shape index (κ3) is 3.69. The lowest BCUT2D eigenvalue weighted by molar-refractivity contribution is -0.552. The number of nitrogens with zero attached hydrogens (tertiary/aromatic N) is 5. The zero-order chi connectivity index (χ0) is 20.7. The molecule has 3 aliphatic rings. The summed E-state index contributed by atoms with van der Waals surface area (Å²) < 4.78 is 15.3. The summed E-state index contributed by atoms with van der Waals surface area (Å²) in [5.74, 6) is 1.31. The van der Waals surface area contributed by atoms with Crippen LogP contribution in [0.3, 0.4) is 0 Å². The molecule has 0 N–H and O–H groups in total. The number of halogens is 1. The summed E-state index contributed by atoms with van der Waals surface area (Å²) in [7, 11) is 3.15. The van der Waals surface area contributed by atoms with Crippen molar-refractivity contribution in [2.45, 2.75) is 32.4 Å². The fraction of sp³-hybridized carbons (Fsp3) is 0.524. The SMILES string of the molecule is CC1CCCN(CC2=[N+](Cc3ccc(F)cc3)C3C(=O)N(C)C(=O)N(C)C3=N2)C1. The normalized spacial score (nSPS) is 25.6. The summed E-state index contributed by atoms with van der Waals surface area (Å²) in [5.41, 5.74) is 0.891. The van der Waals surface area contributed by atoms with Crippen LogP contribution in [0.4, 0.5) is 9.18 Å². The monoisotopic (exact) mass is 400 g/mol. The van der Waals surface area contributed by atoms with Crippen molar-refractivity contribution in [3.8, 4) is 0 Å². The van der Waals surface area contributed by atoms with Crippen molar-refractivity contribution in [2.24, 2.45) is 10.9 Å². The molecule has 2 atom stereocenters. The lowest BCUT2D eigenvalue weighted by atomic mass is 10.0. The Hall–Kier alpha value is -2.61. The van der Waals surface area contributed by atoms with Gasteiger partial charge in [-0.05, 0) is 48.0 Å². The zero-order valence-electron chi connectivity index (χ0n) is 17.1. The highest BCUT2D eigenvalue weighted by Gasteiger charge is 2.53. The molecule has 0 spiro atoms. The average molecular weight is 400 g/mol. The number of aliphatic imine (C=N–C) groups is 1. The Morgan fingerprint density at radius 2 is 1.90 bits per heavy atom. The van der Waals surface area contributed by atoms with Gasteiger partial charge in [-0.2, -0.15) is 0 Å². The number of likely N-dealkylation sites (N-methyl/N-ethyl adjacent to an activating group) is 2. The second-order valence-electron chi connectivity index (χ2n) is 8.26. The Balaban J connectivity index is 1.69. The zero-order valence-corrected chi connectivity index (χ0v) is 17.1. The number of fused-ring (bicyclic) bond motifs is 1. The summed E-state index contributed by atoms with van der Waals surface area (Å²) >= 11 is 0. The highest BCUT2D eigenvalue weighted by atomic mass is 19.1. The predicted molar refractivity (Wildman–Crippen MR) is 107 cm³/mol. The van der Waals surface area contributed by atoms with E-state index in [2.05, 4.69) is 11.8 Å². The number of likely N-dealkylation sites (tertiary alicyclic amines) is 1. The topological polar surface area (TPSA) is 59.2 Å². The van der Waals surface area contributed by atoms with Crippen molar-refractivity contribution in [3.63, 3.8) is 0 Å². The van der Waals surface area contributed by atoms with Gasteiger partial charge in [-0.3, -0.25) is 19.5 Å². The summed E-state index contributed by atoms with van der Waals surface area (Å²) in [6, 6.07) is 5.27. The van der Waals surface area contributed by atoms with Crippen LogP contribution in [0.5, 0.6) is 0 Å². The maximum Gasteiger partial charge on any atom is 0.333 e. The lowest BCUT2D eigenvalue weighted by Crippen LogP contribution is -2.61. The van der Waals surface area contributed by atoms with Gasteiger partial charge in [0, 0.05) is 20.6 Å². The molecule has 3 aliphatic heterocycles. The van der Waals surface area contributed by atoms with Crippen LogP contribution >= 0.6 is 0 Å². The number of carbonyl (C=O) groups is 2. The minimum atomic E-state index is -0.634. The van der Waals surface area contributed by atoms with E-state index < -0.39 is 6.04 Å². The van der Waals surface area contributed by atoms with Gasteiger partial charge in [0.15, 0.2) is 0 Å². The fourth-order valence-electron chi connectivity index (χ4n) is 4.37. The van der Waals surface area contributed by atoms with Crippen molar-refractivity contribution in [1.82, 2.24) is 14.7 Å². The number of piperidine rings is 1. The molecule has 0 aliphatic carbocycles. The number of imide groups is 1. The Morgan fingerprint density at radius 1 is 1.17 bits per heavy atom. The van der Waals surface area contributed by atoms with E-state index in [9.17, 15) is 14.0 Å². The van der Waals surface area contributed by atoms with Crippen LogP contribution < -0.4 is 0 Å². The molecule has 3 heterocycles. The Kier molecular flexibility index (Phi) is 5.21. The summed E-state index contributed by atoms with van der Waals surface area (Å²) in [6.45, 7) is 5.30. The molecule has 29 heavy (non-hydrogen) atoms. The van der Waals surface area contributed by atoms with Crippen LogP contribution in [0.2, 0.25) is 0 Å². The van der Waals surface area contributed by atoms with Gasteiger partial charge in [-0.15, -0.1) is 0 Å². The molecule has 2 saturated heterocycles. The van der Waals surface area contributed by atoms with Gasteiger partial charge < -0.3 is 0 Å². The van der Waals surface area contributed by atoms with Gasteiger partial charge in [0.1, 0.15) is 18.9 Å². The Labute approximate surface area is 170 Å². The number of carbonyl (C=O) groups excluding carboxylic acids is 2. The molecule has 3 amide bonds. The number of hydrogen-bond donors (Lipinski definition) is 0. The number of amidine groups is 2. The van der Waals surface area contributed by atoms with Gasteiger partial charge in [0.25, 0.3) is 17.8 Å². The molecule has 0 radical (unpaired) electrons. The van der Waals surface area contributed by atoms with Gasteiger partial charge in [0.2, 0.25) is 0 Å². The van der Waals surface area contributed by atoms with Crippen molar-refractivity contribution >= 4 is 23.6 Å². The quantitative estimate of drug-likeness (QED) is 0.724. The number of hydrogen-bond acceptors (Lipinski definition) is 4. The second kappa shape index (κ2) is 7.67. The minimum Gasteiger partial charge on any atom is -0.292 e. The van der Waals surface area contributed by atoms with Crippen LogP contribution in [0, 0.1) is 11.7 Å². The summed E-state index contributed by atoms with van der Waals surface area (Å²) in [4.78, 5) is 35.1. The van der Waals surface area contributed by atoms with Gasteiger partial charge in [0.05, 0.1) is 0 Å². The van der Waals surface area contributed by atoms with E-state index in [4.69, 9.17) is 4.99 Å². The molecule has 0 saturated carbocycles. The predicted octanol–water partition coefficient (Wildman–Crippen LogP) is 1.77. The molecule has 7 nitrogen and oxygen atoms in total. The van der Waals surface area contributed by atoms with Crippen molar-refractivity contribution in [1.29, 1.82) is 0 Å². The first-order chi connectivity index (χ1) is 13.8. The third-order valence-electron chi connectivity index (χ3n) is 5.99. The maximum atomic E-state index is 13.3. The first kappa shape index (κ1) is 19.7. The molecule has 1 aromatic rings. The number of benzene rings is 1. The standard InChI is InChI=1S/C21H27FN5O2/c1-14-5-4-10-26(11-14)13-17-23-19-18(20(28)25(3)21(29)24(19)2)27(17)12-15-6-8-16(22)9-7-15/h6-9,14,18H,4-5,10-13H2,1-3H3/q+1. The van der Waals surface area contributed by atoms with E-state index in [1.54, 1.807) is 19.2 Å². The number of urea groups is 1. The molecule has 2 fully saturated rings. The van der Waals surface area contributed by atoms with Crippen molar-refractivity contribution < 1.29 is 18.6 Å². The second-order valence-corrected chi connectivity index (χ2v) is 8.26. The molecule has 0 bridgehead atoms. The van der Waals surface area contributed by atoms with E-state index >= 15 is 0 Å². The highest BCUT2D eigenvalue weighted by Crippen LogP contribution is 2.22. The van der Waals surface area contributed by atoms with E-state index in [1.165, 1.54) is 30.5 Å². The van der Waals surface area contributed by atoms with Gasteiger partial charge in [-0.1, -0.05) is 19.1 Å². The van der Waals surface area contributed by atoms with Crippen LogP contribution in [-0.4, -0.2) is 82.7 Å². The molecule has 154 valence electrons. The van der Waals surface area contributed by atoms with E-state index in [0.29, 0.717) is 24.8 Å². The summed E-state index contributed by atoms with van der Waals surface area (Å²) in [6.07, 6.45) is 2.37. The minimum absolute atomic E-state index is 0.282. The largest absolute Gasteiger partial charge is 0.333 e. The summed E-state index contributed by atoms with van der Waals surface area (Å²) in [5, 5.41) is 0. The Morgan fingerprint density at radius 3 is 2.59 bits per heavy atom. The van der Waals surface area contributed by atoms with Crippen LogP contribution in [0.1, 0.15) is 25.3 Å². The average Bonchev–Trinajstić information content (AvgIpc) is 3.04. The van der Waals surface area contributed by atoms with Gasteiger partial charge in [-0.25, -0.2) is 13.8 Å². The van der Waals surface area contributed by atoms with E-state index in [-0.39, 0.29) is 17.8 Å². The molecule has 0 aromatic heterocycles. The van der Waals surface area contributed by atoms with E-state index in [0.717, 1.165) is 35.8 Å². The van der Waals surface area contributed by atoms with Gasteiger partial charge >= 0.3 is 11.9 Å². The third-order valence-corrected chi connectivity index (χ3v) is 5.99. The lowest BCUT2D eigenvalue weighted by Gasteiger charge is -2.31. The first-order valence-corrected chi connectivity index (χ1v) is 10.1. The van der Waals surface area contributed by atoms with Crippen LogP contribution in [0.25, 0.3) is 0 Å². The van der Waals surface area contributed by atoms with E-state index in [1.807, 2.05) is 4.58 Å².